The van der Waals surface area contributed by atoms with Gasteiger partial charge in [0.15, 0.2) is 0 Å². The molecule has 0 bridgehead atoms. The second-order valence-corrected chi connectivity index (χ2v) is 7.79. The summed E-state index contributed by atoms with van der Waals surface area (Å²) in [5.41, 5.74) is 1.04. The minimum Gasteiger partial charge on any atom is -0.399 e. The molecule has 25 heavy (non-hydrogen) atoms. The lowest BCUT2D eigenvalue weighted by Crippen LogP contribution is -2.41. The van der Waals surface area contributed by atoms with Crippen LogP contribution in [0.25, 0.3) is 0 Å². The van der Waals surface area contributed by atoms with E-state index in [0.717, 1.165) is 16.6 Å². The van der Waals surface area contributed by atoms with Crippen LogP contribution in [0.4, 0.5) is 0 Å². The number of hydrogen-bond donors (Lipinski definition) is 1. The fourth-order valence-corrected chi connectivity index (χ4v) is 3.18. The van der Waals surface area contributed by atoms with Gasteiger partial charge in [0, 0.05) is 0 Å². The van der Waals surface area contributed by atoms with Gasteiger partial charge in [0.25, 0.3) is 0 Å². The third-order valence-electron chi connectivity index (χ3n) is 5.68. The average molecular weight is 338 g/mol. The van der Waals surface area contributed by atoms with Crippen LogP contribution in [0, 0.1) is 0 Å². The predicted octanol–water partition coefficient (Wildman–Crippen LogP) is 3.63. The van der Waals surface area contributed by atoms with E-state index in [-0.39, 0.29) is 18.3 Å². The normalized spacial score (nSPS) is 21.1. The first kappa shape index (κ1) is 18.2. The predicted molar refractivity (Wildman–Crippen MR) is 102 cm³/mol. The van der Waals surface area contributed by atoms with Gasteiger partial charge in [0.05, 0.1) is 11.2 Å². The highest BCUT2D eigenvalue weighted by Gasteiger charge is 2.51. The van der Waals surface area contributed by atoms with Crippen molar-refractivity contribution in [3.63, 3.8) is 0 Å². The van der Waals surface area contributed by atoms with Gasteiger partial charge in [-0.25, -0.2) is 0 Å². The zero-order valence-corrected chi connectivity index (χ0v) is 15.7. The fraction of sp³-hybridized carbons (Fsp3) is 0.429. The quantitative estimate of drug-likeness (QED) is 0.865. The van der Waals surface area contributed by atoms with Crippen LogP contribution < -0.4 is 5.46 Å². The molecule has 0 saturated carbocycles. The molecule has 132 valence electrons. The van der Waals surface area contributed by atoms with Crippen LogP contribution in [0.1, 0.15) is 52.2 Å². The molecule has 1 N–H and O–H groups in total. The van der Waals surface area contributed by atoms with E-state index in [4.69, 9.17) is 9.31 Å². The molecule has 0 spiro atoms. The van der Waals surface area contributed by atoms with Gasteiger partial charge in [-0.2, -0.15) is 0 Å². The monoisotopic (exact) mass is 338 g/mol. The van der Waals surface area contributed by atoms with Crippen LogP contribution in [0.3, 0.4) is 0 Å². The second kappa shape index (κ2) is 6.28. The van der Waals surface area contributed by atoms with Crippen molar-refractivity contribution >= 4 is 12.6 Å². The molecule has 1 aliphatic rings. The van der Waals surface area contributed by atoms with E-state index in [0.29, 0.717) is 6.42 Å². The van der Waals surface area contributed by atoms with Crippen LogP contribution >= 0.6 is 0 Å². The van der Waals surface area contributed by atoms with Crippen molar-refractivity contribution in [1.29, 1.82) is 0 Å². The zero-order chi connectivity index (χ0) is 18.3. The molecule has 4 heteroatoms. The van der Waals surface area contributed by atoms with Gasteiger partial charge < -0.3 is 14.4 Å². The maximum atomic E-state index is 11.2. The van der Waals surface area contributed by atoms with Gasteiger partial charge in [-0.05, 0) is 50.7 Å². The summed E-state index contributed by atoms with van der Waals surface area (Å²) < 4.78 is 12.2. The summed E-state index contributed by atoms with van der Waals surface area (Å²) in [4.78, 5) is 0. The van der Waals surface area contributed by atoms with E-state index in [1.54, 1.807) is 0 Å². The van der Waals surface area contributed by atoms with E-state index in [9.17, 15) is 5.11 Å². The van der Waals surface area contributed by atoms with E-state index >= 15 is 0 Å². The molecule has 1 fully saturated rings. The molecule has 3 nitrogen and oxygen atoms in total. The van der Waals surface area contributed by atoms with Gasteiger partial charge in [-0.3, -0.25) is 0 Å². The Kier molecular flexibility index (Phi) is 4.57. The van der Waals surface area contributed by atoms with Crippen molar-refractivity contribution in [3.05, 3.63) is 65.7 Å². The highest BCUT2D eigenvalue weighted by atomic mass is 16.7. The topological polar surface area (TPSA) is 38.7 Å². The Morgan fingerprint density at radius 3 is 1.80 bits per heavy atom. The Morgan fingerprint density at radius 1 is 0.840 bits per heavy atom. The summed E-state index contributed by atoms with van der Waals surface area (Å²) >= 11 is 0. The van der Waals surface area contributed by atoms with Gasteiger partial charge in [0.1, 0.15) is 5.60 Å². The van der Waals surface area contributed by atoms with E-state index in [2.05, 4.69) is 0 Å². The van der Waals surface area contributed by atoms with Gasteiger partial charge in [-0.1, -0.05) is 61.5 Å². The summed E-state index contributed by atoms with van der Waals surface area (Å²) in [5.74, 6) is 0. The highest BCUT2D eigenvalue weighted by molar-refractivity contribution is 6.62. The first-order valence-corrected chi connectivity index (χ1v) is 8.93. The van der Waals surface area contributed by atoms with Crippen molar-refractivity contribution in [2.45, 2.75) is 57.8 Å². The SMILES string of the molecule is CCC(O)(c1ccccc1)c1ccc(B2OC(C)(C)C(C)(C)O2)cc1. The summed E-state index contributed by atoms with van der Waals surface area (Å²) in [7, 11) is -0.384. The zero-order valence-electron chi connectivity index (χ0n) is 15.7. The van der Waals surface area contributed by atoms with Gasteiger partial charge >= 0.3 is 7.12 Å². The summed E-state index contributed by atoms with van der Waals surface area (Å²) in [6, 6.07) is 17.7. The van der Waals surface area contributed by atoms with Crippen molar-refractivity contribution in [2.24, 2.45) is 0 Å². The van der Waals surface area contributed by atoms with Crippen molar-refractivity contribution < 1.29 is 14.4 Å². The molecule has 1 unspecified atom stereocenters. The Morgan fingerprint density at radius 2 is 1.32 bits per heavy atom. The molecule has 2 aromatic carbocycles. The third-order valence-corrected chi connectivity index (χ3v) is 5.68. The van der Waals surface area contributed by atoms with Gasteiger partial charge in [0.2, 0.25) is 0 Å². The molecule has 3 rings (SSSR count). The number of benzene rings is 2. The van der Waals surface area contributed by atoms with E-state index in [1.807, 2.05) is 89.2 Å². The number of hydrogen-bond acceptors (Lipinski definition) is 3. The maximum absolute atomic E-state index is 11.2. The Balaban J connectivity index is 1.88. The molecule has 2 aromatic rings. The summed E-state index contributed by atoms with van der Waals surface area (Å²) in [6.45, 7) is 10.2. The first-order valence-electron chi connectivity index (χ1n) is 8.93. The van der Waals surface area contributed by atoms with Crippen molar-refractivity contribution in [3.8, 4) is 0 Å². The molecule has 0 amide bonds. The smallest absolute Gasteiger partial charge is 0.399 e. The molecular formula is C21H27BO3. The second-order valence-electron chi connectivity index (χ2n) is 7.79. The minimum absolute atomic E-state index is 0.357. The lowest BCUT2D eigenvalue weighted by molar-refractivity contribution is 0.00578. The van der Waals surface area contributed by atoms with Crippen LogP contribution in [0.2, 0.25) is 0 Å². The summed E-state index contributed by atoms with van der Waals surface area (Å²) in [6.07, 6.45) is 0.604. The van der Waals surface area contributed by atoms with Crippen molar-refractivity contribution in [1.82, 2.24) is 0 Å². The number of rotatable bonds is 4. The largest absolute Gasteiger partial charge is 0.494 e. The van der Waals surface area contributed by atoms with Crippen LogP contribution in [-0.4, -0.2) is 23.4 Å². The molecule has 1 atom stereocenters. The van der Waals surface area contributed by atoms with Crippen molar-refractivity contribution in [2.75, 3.05) is 0 Å². The fourth-order valence-electron chi connectivity index (χ4n) is 3.18. The highest BCUT2D eigenvalue weighted by Crippen LogP contribution is 2.37. The van der Waals surface area contributed by atoms with Crippen LogP contribution in [0.15, 0.2) is 54.6 Å². The minimum atomic E-state index is -0.990. The molecule has 1 heterocycles. The molecular weight excluding hydrogens is 311 g/mol. The van der Waals surface area contributed by atoms with Gasteiger partial charge in [-0.15, -0.1) is 0 Å². The average Bonchev–Trinajstić information content (AvgIpc) is 2.83. The molecule has 0 aromatic heterocycles. The Labute approximate surface area is 151 Å². The Bertz CT molecular complexity index is 709. The maximum Gasteiger partial charge on any atom is 0.494 e. The molecule has 1 saturated heterocycles. The molecule has 0 aliphatic carbocycles. The molecule has 0 radical (unpaired) electrons. The third kappa shape index (κ3) is 3.14. The lowest BCUT2D eigenvalue weighted by Gasteiger charge is -2.32. The standard InChI is InChI=1S/C21H27BO3/c1-6-21(23,16-10-8-7-9-11-16)17-12-14-18(15-13-17)22-24-19(2,3)20(4,5)25-22/h7-15,23H,6H2,1-5H3. The number of aliphatic hydroxyl groups is 1. The first-order chi connectivity index (χ1) is 11.7. The summed E-state index contributed by atoms with van der Waals surface area (Å²) in [5, 5.41) is 11.2. The van der Waals surface area contributed by atoms with Crippen LogP contribution in [-0.2, 0) is 14.9 Å². The van der Waals surface area contributed by atoms with E-state index < -0.39 is 5.60 Å². The Hall–Kier alpha value is -1.62. The lowest BCUT2D eigenvalue weighted by atomic mass is 9.76. The van der Waals surface area contributed by atoms with Crippen LogP contribution in [0.5, 0.6) is 0 Å². The molecule has 1 aliphatic heterocycles. The van der Waals surface area contributed by atoms with E-state index in [1.165, 1.54) is 0 Å².